The molecule has 176 valence electrons. The van der Waals surface area contributed by atoms with Crippen LogP contribution in [0.1, 0.15) is 12.5 Å². The number of halogens is 3. The summed E-state index contributed by atoms with van der Waals surface area (Å²) >= 11 is 6.91. The minimum atomic E-state index is -4.53. The van der Waals surface area contributed by atoms with Crippen LogP contribution in [0.25, 0.3) is 21.9 Å². The van der Waals surface area contributed by atoms with E-state index < -0.39 is 33.2 Å². The standard InChI is InChI=1S/C22H15F3NO5PS2/c1-2-34-32(33,14-9-7-13(8-10-14)22(23,24)25)31-21-17(26(28)29)12-11-16-19(27)15-5-3-4-6-18(15)30-20(16)21/h3-12H,2H2,1H3. The summed E-state index contributed by atoms with van der Waals surface area (Å²) in [4.78, 5) is 24.1. The van der Waals surface area contributed by atoms with E-state index in [2.05, 4.69) is 0 Å². The van der Waals surface area contributed by atoms with Gasteiger partial charge in [0.1, 0.15) is 5.58 Å². The lowest BCUT2D eigenvalue weighted by Gasteiger charge is -2.23. The van der Waals surface area contributed by atoms with Crippen LogP contribution in [0.2, 0.25) is 0 Å². The third-order valence-corrected chi connectivity index (χ3v) is 11.3. The molecular weight excluding hydrogens is 510 g/mol. The number of alkyl halides is 3. The first-order chi connectivity index (χ1) is 16.0. The topological polar surface area (TPSA) is 82.6 Å². The summed E-state index contributed by atoms with van der Waals surface area (Å²) in [6.45, 7) is 1.78. The summed E-state index contributed by atoms with van der Waals surface area (Å²) < 4.78 is 51.0. The van der Waals surface area contributed by atoms with E-state index in [-0.39, 0.29) is 27.6 Å². The summed E-state index contributed by atoms with van der Waals surface area (Å²) in [5, 5.41) is 12.4. The molecule has 1 atom stereocenters. The normalized spacial score (nSPS) is 13.6. The molecule has 0 aliphatic carbocycles. The molecule has 0 aliphatic rings. The molecule has 0 radical (unpaired) electrons. The zero-order valence-corrected chi connectivity index (χ0v) is 19.9. The van der Waals surface area contributed by atoms with Crippen LogP contribution in [0.4, 0.5) is 18.9 Å². The van der Waals surface area contributed by atoms with Crippen LogP contribution in [0.3, 0.4) is 0 Å². The van der Waals surface area contributed by atoms with Gasteiger partial charge in [-0.15, -0.1) is 0 Å². The van der Waals surface area contributed by atoms with Crippen LogP contribution in [0, 0.1) is 10.1 Å². The highest BCUT2D eigenvalue weighted by Crippen LogP contribution is 2.60. The van der Waals surface area contributed by atoms with Gasteiger partial charge in [0.2, 0.25) is 11.2 Å². The lowest BCUT2D eigenvalue weighted by molar-refractivity contribution is -0.385. The third-order valence-electron chi connectivity index (χ3n) is 4.90. The number of benzene rings is 3. The fourth-order valence-corrected chi connectivity index (χ4v) is 8.67. The highest BCUT2D eigenvalue weighted by Gasteiger charge is 2.33. The summed E-state index contributed by atoms with van der Waals surface area (Å²) in [6.07, 6.45) is -4.53. The number of nitro benzene ring substituents is 1. The molecule has 0 spiro atoms. The Morgan fingerprint density at radius 1 is 1.09 bits per heavy atom. The summed E-state index contributed by atoms with van der Waals surface area (Å²) in [6, 6.07) is 13.1. The molecular formula is C22H15F3NO5PS2. The maximum atomic E-state index is 13.0. The van der Waals surface area contributed by atoms with Crippen molar-refractivity contribution in [2.75, 3.05) is 5.75 Å². The van der Waals surface area contributed by atoms with Gasteiger partial charge in [0.15, 0.2) is 11.0 Å². The van der Waals surface area contributed by atoms with E-state index in [1.165, 1.54) is 18.2 Å². The predicted octanol–water partition coefficient (Wildman–Crippen LogP) is 6.64. The maximum absolute atomic E-state index is 13.0. The van der Waals surface area contributed by atoms with Crippen molar-refractivity contribution in [1.82, 2.24) is 0 Å². The van der Waals surface area contributed by atoms with Gasteiger partial charge in [0.05, 0.1) is 21.3 Å². The number of hydrogen-bond acceptors (Lipinski definition) is 7. The van der Waals surface area contributed by atoms with Crippen LogP contribution in [0.15, 0.2) is 69.9 Å². The van der Waals surface area contributed by atoms with Crippen molar-refractivity contribution < 1.29 is 27.0 Å². The second-order valence-corrected chi connectivity index (χ2v) is 14.1. The van der Waals surface area contributed by atoms with Crippen molar-refractivity contribution in [3.63, 3.8) is 0 Å². The minimum Gasteiger partial charge on any atom is -0.452 e. The summed E-state index contributed by atoms with van der Waals surface area (Å²) in [7, 11) is 0. The smallest absolute Gasteiger partial charge is 0.416 e. The average molecular weight is 525 g/mol. The number of fused-ring (bicyclic) bond motifs is 2. The molecule has 1 heterocycles. The van der Waals surface area contributed by atoms with Crippen LogP contribution in [-0.4, -0.2) is 10.7 Å². The first-order valence-electron chi connectivity index (χ1n) is 9.80. The second-order valence-electron chi connectivity index (χ2n) is 7.03. The molecule has 3 aromatic carbocycles. The molecule has 0 N–H and O–H groups in total. The van der Waals surface area contributed by atoms with Gasteiger partial charge in [-0.05, 0) is 60.0 Å². The quantitative estimate of drug-likeness (QED) is 0.121. The van der Waals surface area contributed by atoms with Crippen molar-refractivity contribution in [1.29, 1.82) is 0 Å². The Bertz CT molecular complexity index is 1520. The predicted molar refractivity (Wildman–Crippen MR) is 131 cm³/mol. The molecule has 0 fully saturated rings. The molecule has 0 saturated carbocycles. The molecule has 0 saturated heterocycles. The van der Waals surface area contributed by atoms with Gasteiger partial charge in [-0.25, -0.2) is 0 Å². The van der Waals surface area contributed by atoms with Gasteiger partial charge in [-0.3, -0.25) is 14.9 Å². The molecule has 1 aromatic heterocycles. The van der Waals surface area contributed by atoms with Gasteiger partial charge in [0.25, 0.3) is 0 Å². The first kappa shape index (κ1) is 24.3. The third kappa shape index (κ3) is 4.43. The Labute approximate surface area is 199 Å². The van der Waals surface area contributed by atoms with Crippen LogP contribution >= 0.6 is 16.8 Å². The molecule has 4 rings (SSSR count). The number of rotatable bonds is 6. The van der Waals surface area contributed by atoms with Gasteiger partial charge >= 0.3 is 11.9 Å². The molecule has 6 nitrogen and oxygen atoms in total. The highest BCUT2D eigenvalue weighted by molar-refractivity contribution is 8.71. The second kappa shape index (κ2) is 9.05. The van der Waals surface area contributed by atoms with E-state index in [0.717, 1.165) is 29.6 Å². The van der Waals surface area contributed by atoms with Gasteiger partial charge in [-0.1, -0.05) is 30.4 Å². The molecule has 4 aromatic rings. The monoisotopic (exact) mass is 525 g/mol. The Balaban J connectivity index is 1.94. The van der Waals surface area contributed by atoms with Crippen molar-refractivity contribution >= 4 is 61.6 Å². The van der Waals surface area contributed by atoms with Crippen molar-refractivity contribution in [3.05, 3.63) is 86.6 Å². The van der Waals surface area contributed by atoms with E-state index in [4.69, 9.17) is 20.7 Å². The molecule has 0 amide bonds. The Kier molecular flexibility index (Phi) is 6.46. The van der Waals surface area contributed by atoms with Crippen molar-refractivity contribution in [2.45, 2.75) is 13.1 Å². The largest absolute Gasteiger partial charge is 0.452 e. The fraction of sp³-hybridized carbons (Fsp3) is 0.136. The van der Waals surface area contributed by atoms with Crippen LogP contribution in [0.5, 0.6) is 5.75 Å². The van der Waals surface area contributed by atoms with E-state index in [1.54, 1.807) is 31.2 Å². The molecule has 0 aliphatic heterocycles. The zero-order valence-electron chi connectivity index (χ0n) is 17.4. The minimum absolute atomic E-state index is 0.0646. The first-order valence-corrected chi connectivity index (χ1v) is 14.1. The number of nitro groups is 1. The lowest BCUT2D eigenvalue weighted by atomic mass is 10.1. The molecule has 1 unspecified atom stereocenters. The number of hydrogen-bond donors (Lipinski definition) is 0. The molecule has 34 heavy (non-hydrogen) atoms. The average Bonchev–Trinajstić information content (AvgIpc) is 2.79. The maximum Gasteiger partial charge on any atom is 0.416 e. The van der Waals surface area contributed by atoms with Crippen LogP contribution in [-0.2, 0) is 18.0 Å². The van der Waals surface area contributed by atoms with Gasteiger partial charge in [0, 0.05) is 11.4 Å². The van der Waals surface area contributed by atoms with Crippen molar-refractivity contribution in [3.8, 4) is 5.75 Å². The molecule has 12 heteroatoms. The van der Waals surface area contributed by atoms with E-state index in [9.17, 15) is 28.1 Å². The van der Waals surface area contributed by atoms with Crippen molar-refractivity contribution in [2.24, 2.45) is 0 Å². The Hall–Kier alpha value is -2.88. The number of nitrogens with zero attached hydrogens (tertiary/aromatic N) is 1. The van der Waals surface area contributed by atoms with Crippen LogP contribution < -0.4 is 15.3 Å². The summed E-state index contributed by atoms with van der Waals surface area (Å²) in [5.74, 6) is 0.110. The SMILES string of the molecule is CCSP(=S)(Oc1c([N+](=O)[O-])ccc2c(=O)c3ccccc3oc12)c1ccc(C(F)(F)F)cc1. The highest BCUT2D eigenvalue weighted by atomic mass is 32.9. The Morgan fingerprint density at radius 2 is 1.76 bits per heavy atom. The van der Waals surface area contributed by atoms with E-state index >= 15 is 0 Å². The van der Waals surface area contributed by atoms with E-state index in [0.29, 0.717) is 11.1 Å². The van der Waals surface area contributed by atoms with E-state index in [1.807, 2.05) is 0 Å². The van der Waals surface area contributed by atoms with Gasteiger partial charge in [-0.2, -0.15) is 13.2 Å². The zero-order chi connectivity index (χ0) is 24.7. The fourth-order valence-electron chi connectivity index (χ4n) is 3.34. The summed E-state index contributed by atoms with van der Waals surface area (Å²) in [5.41, 5.74) is -4.86. The van der Waals surface area contributed by atoms with Gasteiger partial charge < -0.3 is 8.94 Å². The lowest BCUT2D eigenvalue weighted by Crippen LogP contribution is -2.12. The number of para-hydroxylation sites is 1. The Morgan fingerprint density at radius 3 is 2.38 bits per heavy atom. The molecule has 0 bridgehead atoms.